The van der Waals surface area contributed by atoms with Crippen LogP contribution in [-0.4, -0.2) is 57.2 Å². The van der Waals surface area contributed by atoms with Crippen LogP contribution >= 0.6 is 0 Å². The molecule has 2 aromatic carbocycles. The lowest BCUT2D eigenvalue weighted by molar-refractivity contribution is -0.0132. The van der Waals surface area contributed by atoms with E-state index in [0.717, 1.165) is 35.2 Å². The minimum Gasteiger partial charge on any atom is -0.495 e. The molecule has 1 N–H and O–H groups in total. The summed E-state index contributed by atoms with van der Waals surface area (Å²) in [5.41, 5.74) is 2.71. The van der Waals surface area contributed by atoms with Crippen LogP contribution in [0.5, 0.6) is 5.75 Å². The summed E-state index contributed by atoms with van der Waals surface area (Å²) in [6, 6.07) is 19.4. The maximum atomic E-state index is 13.4. The van der Waals surface area contributed by atoms with E-state index in [1.54, 1.807) is 31.5 Å². The summed E-state index contributed by atoms with van der Waals surface area (Å²) in [5.74, 6) is -0.689. The van der Waals surface area contributed by atoms with Crippen LogP contribution in [0.3, 0.4) is 0 Å². The van der Waals surface area contributed by atoms with Crippen molar-refractivity contribution in [1.82, 2.24) is 14.7 Å². The minimum absolute atomic E-state index is 0.0192. The molecule has 4 aromatic rings. The van der Waals surface area contributed by atoms with Crippen LogP contribution in [-0.2, 0) is 14.8 Å². The number of nitrogens with zero attached hydrogens (tertiary/aromatic N) is 3. The summed E-state index contributed by atoms with van der Waals surface area (Å²) in [4.78, 5) is 23.9. The molecule has 0 spiro atoms. The molecule has 1 aliphatic rings. The number of rotatable bonds is 7. The molecule has 0 aliphatic carbocycles. The van der Waals surface area contributed by atoms with Crippen molar-refractivity contribution in [3.63, 3.8) is 0 Å². The summed E-state index contributed by atoms with van der Waals surface area (Å²) in [6.07, 6.45) is 3.33. The van der Waals surface area contributed by atoms with E-state index in [4.69, 9.17) is 9.47 Å². The van der Waals surface area contributed by atoms with Gasteiger partial charge in [0, 0.05) is 43.0 Å². The number of pyridine rings is 2. The molecule has 1 amide bonds. The molecular weight excluding hydrogens is 516 g/mol. The molecule has 0 unspecified atom stereocenters. The summed E-state index contributed by atoms with van der Waals surface area (Å²) < 4.78 is 39.9. The number of carbonyl (C=O) groups excluding carboxylic acids is 1. The zero-order valence-corrected chi connectivity index (χ0v) is 22.9. The average molecular weight is 547 g/mol. The second-order valence-corrected chi connectivity index (χ2v) is 11.3. The van der Waals surface area contributed by atoms with E-state index in [2.05, 4.69) is 26.5 Å². The Bertz CT molecular complexity index is 1620. The SMILES string of the molecule is COc1ccc(N2CCC(C)(OC)CC2)cc1S(=O)(=O)NC(=O)c1ccc2c(-c3ccccn3)cccc2n1. The topological polar surface area (TPSA) is 111 Å². The monoisotopic (exact) mass is 546 g/mol. The molecule has 2 aromatic heterocycles. The number of fused-ring (bicyclic) bond motifs is 1. The van der Waals surface area contributed by atoms with Crippen molar-refractivity contribution in [1.29, 1.82) is 0 Å². The zero-order valence-electron chi connectivity index (χ0n) is 22.0. The number of ether oxygens (including phenoxy) is 2. The molecule has 5 rings (SSSR count). The van der Waals surface area contributed by atoms with E-state index < -0.39 is 15.9 Å². The Hall–Kier alpha value is -4.02. The van der Waals surface area contributed by atoms with Gasteiger partial charge in [-0.25, -0.2) is 18.1 Å². The first kappa shape index (κ1) is 26.6. The lowest BCUT2D eigenvalue weighted by atomic mass is 9.93. The lowest BCUT2D eigenvalue weighted by Crippen LogP contribution is -2.43. The van der Waals surface area contributed by atoms with Gasteiger partial charge < -0.3 is 14.4 Å². The van der Waals surface area contributed by atoms with Gasteiger partial charge in [-0.05, 0) is 68.3 Å². The first-order valence-corrected chi connectivity index (χ1v) is 14.1. The summed E-state index contributed by atoms with van der Waals surface area (Å²) >= 11 is 0. The van der Waals surface area contributed by atoms with Gasteiger partial charge in [0.1, 0.15) is 16.3 Å². The number of hydrogen-bond donors (Lipinski definition) is 1. The molecule has 10 heteroatoms. The predicted molar refractivity (Wildman–Crippen MR) is 149 cm³/mol. The molecule has 9 nitrogen and oxygen atoms in total. The number of amides is 1. The second kappa shape index (κ2) is 10.6. The quantitative estimate of drug-likeness (QED) is 0.363. The van der Waals surface area contributed by atoms with E-state index in [0.29, 0.717) is 18.6 Å². The largest absolute Gasteiger partial charge is 0.495 e. The number of piperidine rings is 1. The summed E-state index contributed by atoms with van der Waals surface area (Å²) in [5, 5.41) is 0.802. The number of methoxy groups -OCH3 is 2. The normalized spacial score (nSPS) is 15.2. The third-order valence-electron chi connectivity index (χ3n) is 7.25. The maximum absolute atomic E-state index is 13.4. The van der Waals surface area contributed by atoms with Crippen LogP contribution < -0.4 is 14.4 Å². The van der Waals surface area contributed by atoms with Crippen LogP contribution in [0.2, 0.25) is 0 Å². The fourth-order valence-corrected chi connectivity index (χ4v) is 5.92. The third-order valence-corrected chi connectivity index (χ3v) is 8.60. The van der Waals surface area contributed by atoms with E-state index in [1.807, 2.05) is 36.4 Å². The molecule has 3 heterocycles. The van der Waals surface area contributed by atoms with Gasteiger partial charge in [-0.3, -0.25) is 9.78 Å². The second-order valence-electron chi connectivity index (χ2n) is 9.69. The van der Waals surface area contributed by atoms with Crippen LogP contribution in [0.15, 0.2) is 77.8 Å². The highest BCUT2D eigenvalue weighted by molar-refractivity contribution is 7.90. The smallest absolute Gasteiger partial charge is 0.283 e. The lowest BCUT2D eigenvalue weighted by Gasteiger charge is -2.39. The first-order chi connectivity index (χ1) is 18.7. The van der Waals surface area contributed by atoms with Crippen LogP contribution in [0, 0.1) is 0 Å². The Kier molecular flexibility index (Phi) is 7.24. The zero-order chi connectivity index (χ0) is 27.6. The maximum Gasteiger partial charge on any atom is 0.283 e. The number of benzene rings is 2. The summed E-state index contributed by atoms with van der Waals surface area (Å²) in [6.45, 7) is 3.50. The Labute approximate surface area is 227 Å². The van der Waals surface area contributed by atoms with Gasteiger partial charge in [0.2, 0.25) is 0 Å². The molecule has 0 atom stereocenters. The molecule has 39 heavy (non-hydrogen) atoms. The molecule has 1 aliphatic heterocycles. The van der Waals surface area contributed by atoms with Crippen LogP contribution in [0.25, 0.3) is 22.2 Å². The number of hydrogen-bond acceptors (Lipinski definition) is 8. The highest BCUT2D eigenvalue weighted by atomic mass is 32.2. The minimum atomic E-state index is -4.27. The summed E-state index contributed by atoms with van der Waals surface area (Å²) in [7, 11) is -1.17. The average Bonchev–Trinajstić information content (AvgIpc) is 2.97. The van der Waals surface area contributed by atoms with Gasteiger partial charge in [-0.15, -0.1) is 0 Å². The fourth-order valence-electron chi connectivity index (χ4n) is 4.77. The van der Waals surface area contributed by atoms with Crippen molar-refractivity contribution >= 4 is 32.5 Å². The van der Waals surface area contributed by atoms with E-state index in [9.17, 15) is 13.2 Å². The number of nitrogens with one attached hydrogen (secondary N) is 1. The molecule has 1 saturated heterocycles. The van der Waals surface area contributed by atoms with Gasteiger partial charge in [0.05, 0.1) is 23.9 Å². The van der Waals surface area contributed by atoms with E-state index in [-0.39, 0.29) is 21.9 Å². The van der Waals surface area contributed by atoms with Gasteiger partial charge >= 0.3 is 0 Å². The molecule has 0 saturated carbocycles. The molecule has 0 bridgehead atoms. The van der Waals surface area contributed by atoms with Crippen molar-refractivity contribution in [2.75, 3.05) is 32.2 Å². The first-order valence-electron chi connectivity index (χ1n) is 12.6. The van der Waals surface area contributed by atoms with Crippen molar-refractivity contribution < 1.29 is 22.7 Å². The fraction of sp³-hybridized carbons (Fsp3) is 0.276. The number of sulfonamides is 1. The van der Waals surface area contributed by atoms with Gasteiger partial charge in [0.25, 0.3) is 15.9 Å². The van der Waals surface area contributed by atoms with Crippen molar-refractivity contribution in [3.8, 4) is 17.0 Å². The highest BCUT2D eigenvalue weighted by Gasteiger charge is 2.31. The van der Waals surface area contributed by atoms with Crippen molar-refractivity contribution in [2.24, 2.45) is 0 Å². The van der Waals surface area contributed by atoms with Crippen LogP contribution in [0.1, 0.15) is 30.3 Å². The van der Waals surface area contributed by atoms with Crippen molar-refractivity contribution in [3.05, 3.63) is 78.6 Å². The van der Waals surface area contributed by atoms with Gasteiger partial charge in [-0.1, -0.05) is 18.2 Å². The Morgan fingerprint density at radius 1 is 1.00 bits per heavy atom. The molecule has 0 radical (unpaired) electrons. The van der Waals surface area contributed by atoms with Crippen molar-refractivity contribution in [2.45, 2.75) is 30.3 Å². The third kappa shape index (κ3) is 5.43. The number of carbonyl (C=O) groups is 1. The Morgan fingerprint density at radius 2 is 1.79 bits per heavy atom. The molecule has 1 fully saturated rings. The number of anilines is 1. The Morgan fingerprint density at radius 3 is 2.49 bits per heavy atom. The standard InChI is InChI=1S/C29H30N4O5S/c1-29(38-3)14-17-33(18-15-29)20-10-13-26(37-2)27(19-20)39(35,36)32-28(34)25-12-11-22-21(7-6-9-24(22)31-25)23-8-4-5-16-30-23/h4-13,16,19H,14-15,17-18H2,1-3H3,(H,32,34). The highest BCUT2D eigenvalue weighted by Crippen LogP contribution is 2.33. The molecule has 202 valence electrons. The van der Waals surface area contributed by atoms with Crippen LogP contribution in [0.4, 0.5) is 5.69 Å². The van der Waals surface area contributed by atoms with E-state index >= 15 is 0 Å². The van der Waals surface area contributed by atoms with Gasteiger partial charge in [0.15, 0.2) is 0 Å². The van der Waals surface area contributed by atoms with Gasteiger partial charge in [-0.2, -0.15) is 0 Å². The predicted octanol–water partition coefficient (Wildman–Crippen LogP) is 4.43. The van der Waals surface area contributed by atoms with E-state index in [1.165, 1.54) is 19.2 Å². The number of aromatic nitrogens is 2. The molecular formula is C29H30N4O5S. The Balaban J connectivity index is 1.41.